The first-order valence-electron chi connectivity index (χ1n) is 7.78. The van der Waals surface area contributed by atoms with E-state index >= 15 is 0 Å². The summed E-state index contributed by atoms with van der Waals surface area (Å²) in [5, 5.41) is 0. The average molecular weight is 374 g/mol. The monoisotopic (exact) mass is 374 g/mol. The van der Waals surface area contributed by atoms with Crippen molar-refractivity contribution >= 4 is 10.1 Å². The third kappa shape index (κ3) is 3.97. The van der Waals surface area contributed by atoms with Gasteiger partial charge < -0.3 is 23.7 Å². The van der Waals surface area contributed by atoms with E-state index in [0.29, 0.717) is 6.61 Å². The van der Waals surface area contributed by atoms with Crippen molar-refractivity contribution in [2.45, 2.75) is 30.7 Å². The van der Waals surface area contributed by atoms with Crippen LogP contribution in [0.5, 0.6) is 5.75 Å². The molecule has 8 nitrogen and oxygen atoms in total. The Morgan fingerprint density at radius 3 is 2.56 bits per heavy atom. The molecule has 0 spiro atoms. The Balaban J connectivity index is 1.70. The zero-order valence-corrected chi connectivity index (χ0v) is 15.2. The molecule has 25 heavy (non-hydrogen) atoms. The Kier molecular flexibility index (Phi) is 5.33. The highest BCUT2D eigenvalue weighted by atomic mass is 32.2. The minimum atomic E-state index is -3.61. The van der Waals surface area contributed by atoms with Crippen LogP contribution in [0.4, 0.5) is 0 Å². The standard InChI is InChI=1S/C16H22O8S/c1-19-12-6-4-11(5-7-12)8-21-14-13-15(20-2)24-16(14,9-22-13)10-23-25(3,17)18/h4-7,13-15H,8-10H2,1-3H3/t13-,14+,15-,16-/m1/s1. The highest BCUT2D eigenvalue weighted by Gasteiger charge is 2.63. The fourth-order valence-corrected chi connectivity index (χ4v) is 3.44. The van der Waals surface area contributed by atoms with Crippen LogP contribution in [0.1, 0.15) is 5.56 Å². The molecule has 4 atom stereocenters. The van der Waals surface area contributed by atoms with Crippen molar-refractivity contribution < 1.29 is 36.3 Å². The summed E-state index contributed by atoms with van der Waals surface area (Å²) in [6.45, 7) is 0.310. The van der Waals surface area contributed by atoms with E-state index in [9.17, 15) is 8.42 Å². The summed E-state index contributed by atoms with van der Waals surface area (Å²) in [6, 6.07) is 7.47. The molecule has 1 aromatic carbocycles. The van der Waals surface area contributed by atoms with E-state index in [1.54, 1.807) is 7.11 Å². The van der Waals surface area contributed by atoms with Crippen molar-refractivity contribution in [3.8, 4) is 5.75 Å². The second-order valence-corrected chi connectivity index (χ2v) is 7.75. The largest absolute Gasteiger partial charge is 0.497 e. The maximum Gasteiger partial charge on any atom is 0.264 e. The van der Waals surface area contributed by atoms with Crippen molar-refractivity contribution in [2.75, 3.05) is 33.7 Å². The average Bonchev–Trinajstić information content (AvgIpc) is 3.10. The van der Waals surface area contributed by atoms with Crippen molar-refractivity contribution in [3.05, 3.63) is 29.8 Å². The molecule has 0 N–H and O–H groups in total. The van der Waals surface area contributed by atoms with Gasteiger partial charge in [0.1, 0.15) is 30.2 Å². The molecule has 2 aliphatic rings. The molecule has 0 radical (unpaired) electrons. The van der Waals surface area contributed by atoms with Gasteiger partial charge in [-0.1, -0.05) is 12.1 Å². The number of hydrogen-bond donors (Lipinski definition) is 0. The highest BCUT2D eigenvalue weighted by Crippen LogP contribution is 2.43. The minimum absolute atomic E-state index is 0.181. The molecule has 2 fully saturated rings. The zero-order chi connectivity index (χ0) is 18.1. The molecule has 0 aliphatic carbocycles. The van der Waals surface area contributed by atoms with E-state index in [4.69, 9.17) is 27.9 Å². The van der Waals surface area contributed by atoms with Gasteiger partial charge in [-0.15, -0.1) is 0 Å². The molecular formula is C16H22O8S. The smallest absolute Gasteiger partial charge is 0.264 e. The molecule has 2 saturated heterocycles. The second kappa shape index (κ2) is 7.18. The molecule has 9 heteroatoms. The molecule has 2 aliphatic heterocycles. The molecule has 3 rings (SSSR count). The number of methoxy groups -OCH3 is 2. The van der Waals surface area contributed by atoms with E-state index in [1.165, 1.54) is 7.11 Å². The number of ether oxygens (including phenoxy) is 5. The van der Waals surface area contributed by atoms with Gasteiger partial charge in [-0.2, -0.15) is 8.42 Å². The maximum atomic E-state index is 11.4. The molecule has 140 valence electrons. The van der Waals surface area contributed by atoms with Crippen LogP contribution < -0.4 is 4.74 Å². The van der Waals surface area contributed by atoms with Crippen LogP contribution in [0.3, 0.4) is 0 Å². The predicted molar refractivity (Wildman–Crippen MR) is 86.7 cm³/mol. The summed E-state index contributed by atoms with van der Waals surface area (Å²) in [5.74, 6) is 0.758. The van der Waals surface area contributed by atoms with Crippen LogP contribution in [0.2, 0.25) is 0 Å². The Labute approximate surface area is 147 Å². The Morgan fingerprint density at radius 1 is 1.24 bits per heavy atom. The normalized spacial score (nSPS) is 31.4. The Morgan fingerprint density at radius 2 is 1.96 bits per heavy atom. The van der Waals surface area contributed by atoms with Gasteiger partial charge in [0, 0.05) is 7.11 Å². The fraction of sp³-hybridized carbons (Fsp3) is 0.625. The van der Waals surface area contributed by atoms with Crippen LogP contribution in [0, 0.1) is 0 Å². The SMILES string of the molecule is COc1ccc(CO[C@H]2[C@H]3OC[C@]2(COS(C)(=O)=O)O[C@H]3OC)cc1. The lowest BCUT2D eigenvalue weighted by Gasteiger charge is -2.30. The van der Waals surface area contributed by atoms with Crippen LogP contribution in [0.15, 0.2) is 24.3 Å². The minimum Gasteiger partial charge on any atom is -0.497 e. The van der Waals surface area contributed by atoms with Gasteiger partial charge in [-0.05, 0) is 17.7 Å². The van der Waals surface area contributed by atoms with Crippen molar-refractivity contribution in [1.29, 1.82) is 0 Å². The third-order valence-corrected chi connectivity index (χ3v) is 4.84. The molecule has 0 aromatic heterocycles. The molecule has 0 amide bonds. The summed E-state index contributed by atoms with van der Waals surface area (Å²) in [5.41, 5.74) is -0.0683. The first-order valence-corrected chi connectivity index (χ1v) is 9.60. The van der Waals surface area contributed by atoms with Gasteiger partial charge in [-0.25, -0.2) is 0 Å². The molecule has 0 unspecified atom stereocenters. The van der Waals surface area contributed by atoms with E-state index in [2.05, 4.69) is 0 Å². The van der Waals surface area contributed by atoms with Gasteiger partial charge in [0.25, 0.3) is 10.1 Å². The van der Waals surface area contributed by atoms with Gasteiger partial charge in [0.05, 0.1) is 26.6 Å². The van der Waals surface area contributed by atoms with E-state index < -0.39 is 34.2 Å². The molecular weight excluding hydrogens is 352 g/mol. The summed E-state index contributed by atoms with van der Waals surface area (Å²) in [7, 11) is -0.505. The van der Waals surface area contributed by atoms with Gasteiger partial charge in [0.15, 0.2) is 6.29 Å². The van der Waals surface area contributed by atoms with Crippen molar-refractivity contribution in [2.24, 2.45) is 0 Å². The molecule has 2 heterocycles. The zero-order valence-electron chi connectivity index (χ0n) is 14.3. The van der Waals surface area contributed by atoms with Crippen molar-refractivity contribution in [3.63, 3.8) is 0 Å². The highest BCUT2D eigenvalue weighted by molar-refractivity contribution is 7.85. The van der Waals surface area contributed by atoms with Crippen LogP contribution in [-0.2, 0) is 39.9 Å². The molecule has 2 bridgehead atoms. The summed E-state index contributed by atoms with van der Waals surface area (Å²) < 4.78 is 55.6. The lowest BCUT2D eigenvalue weighted by molar-refractivity contribution is -0.240. The van der Waals surface area contributed by atoms with Crippen LogP contribution >= 0.6 is 0 Å². The Bertz CT molecular complexity index is 689. The predicted octanol–water partition coefficient (Wildman–Crippen LogP) is 0.697. The third-order valence-electron chi connectivity index (χ3n) is 4.29. The van der Waals surface area contributed by atoms with Gasteiger partial charge in [0.2, 0.25) is 0 Å². The summed E-state index contributed by atoms with van der Waals surface area (Å²) in [4.78, 5) is 0. The fourth-order valence-electron chi connectivity index (χ4n) is 3.03. The first-order chi connectivity index (χ1) is 11.9. The lowest BCUT2D eigenvalue weighted by atomic mass is 10.0. The summed E-state index contributed by atoms with van der Waals surface area (Å²) >= 11 is 0. The molecule has 0 saturated carbocycles. The quantitative estimate of drug-likeness (QED) is 0.614. The molecule has 1 aromatic rings. The maximum absolute atomic E-state index is 11.4. The van der Waals surface area contributed by atoms with E-state index in [-0.39, 0.29) is 13.2 Å². The van der Waals surface area contributed by atoms with E-state index in [0.717, 1.165) is 17.6 Å². The number of fused-ring (bicyclic) bond motifs is 2. The Hall–Kier alpha value is -1.23. The number of rotatable bonds is 8. The van der Waals surface area contributed by atoms with Crippen molar-refractivity contribution in [1.82, 2.24) is 0 Å². The summed E-state index contributed by atoms with van der Waals surface area (Å²) in [6.07, 6.45) is -0.571. The van der Waals surface area contributed by atoms with E-state index in [1.807, 2.05) is 24.3 Å². The lowest BCUT2D eigenvalue weighted by Crippen LogP contribution is -2.47. The number of hydrogen-bond acceptors (Lipinski definition) is 8. The van der Waals surface area contributed by atoms with Crippen LogP contribution in [0.25, 0.3) is 0 Å². The number of benzene rings is 1. The van der Waals surface area contributed by atoms with Gasteiger partial charge >= 0.3 is 0 Å². The topological polar surface area (TPSA) is 89.5 Å². The van der Waals surface area contributed by atoms with Crippen LogP contribution in [-0.4, -0.2) is 66.2 Å². The second-order valence-electron chi connectivity index (χ2n) is 6.11. The first kappa shape index (κ1) is 18.6. The van der Waals surface area contributed by atoms with Gasteiger partial charge in [-0.3, -0.25) is 4.18 Å².